The molecule has 0 aliphatic heterocycles. The molecule has 12 atom stereocenters. The molecule has 0 N–H and O–H groups in total. The van der Waals surface area contributed by atoms with Gasteiger partial charge < -0.3 is 54.1 Å². The van der Waals surface area contributed by atoms with Crippen LogP contribution in [0.5, 0.6) is 5.75 Å². The zero-order valence-electron chi connectivity index (χ0n) is 81.7. The molecule has 148 heavy (non-hydrogen) atoms. The van der Waals surface area contributed by atoms with Gasteiger partial charge in [0.05, 0.1) is 52.6 Å². The van der Waals surface area contributed by atoms with E-state index in [1.165, 1.54) is 80.1 Å². The summed E-state index contributed by atoms with van der Waals surface area (Å²) in [7, 11) is 1.28. The number of rotatable bonds is 21. The number of esters is 5. The molecule has 5 fully saturated rings. The van der Waals surface area contributed by atoms with Gasteiger partial charge in [-0.15, -0.1) is 6.58 Å². The third-order valence-electron chi connectivity index (χ3n) is 25.7. The summed E-state index contributed by atoms with van der Waals surface area (Å²) in [5, 5.41) is 0. The van der Waals surface area contributed by atoms with Crippen LogP contribution in [0.3, 0.4) is 0 Å². The van der Waals surface area contributed by atoms with E-state index in [2.05, 4.69) is 77.2 Å². The van der Waals surface area contributed by atoms with Gasteiger partial charge in [0.15, 0.2) is 45.5 Å². The van der Waals surface area contributed by atoms with Gasteiger partial charge >= 0.3 is 61.8 Å². The number of hydrogen-bond acceptors (Lipinski definition) is 10. The van der Waals surface area contributed by atoms with Crippen LogP contribution in [0.25, 0.3) is 6.08 Å². The Morgan fingerprint density at radius 2 is 0.716 bits per heavy atom. The number of ether oxygens (including phenoxy) is 5. The van der Waals surface area contributed by atoms with E-state index < -0.39 is 267 Å². The van der Waals surface area contributed by atoms with Gasteiger partial charge in [-0.3, -0.25) is 56.9 Å². The molecule has 5 radical (unpaired) electrons. The van der Waals surface area contributed by atoms with Crippen LogP contribution < -0.4 is 4.74 Å². The summed E-state index contributed by atoms with van der Waals surface area (Å²) in [5.41, 5.74) is -20.7. The predicted molar refractivity (Wildman–Crippen MR) is 434 cm³/mol. The maximum absolute atomic E-state index is 13.4. The Balaban J connectivity index is -0.000000392. The smallest absolute Gasteiger partial charge is 0.403 e. The van der Waals surface area contributed by atoms with Crippen molar-refractivity contribution < 1.29 is 387 Å². The Labute approximate surface area is 954 Å². The molecule has 0 saturated heterocycles. The molecular weight excluding hydrogens is 2480 g/mol. The maximum atomic E-state index is 13.4. The van der Waals surface area contributed by atoms with Crippen LogP contribution in [-0.2, 0) is 206 Å². The number of alkyl halides is 30. The molecule has 2 aromatic rings. The van der Waals surface area contributed by atoms with Crippen LogP contribution in [0.1, 0.15) is 198 Å². The summed E-state index contributed by atoms with van der Waals surface area (Å²) >= 11 is 0. The number of carbonyl (C=O) groups is 5. The molecule has 6 aliphatic rings. The van der Waals surface area contributed by atoms with Crippen molar-refractivity contribution in [2.75, 3.05) is 7.11 Å². The molecule has 0 spiro atoms. The van der Waals surface area contributed by atoms with Crippen molar-refractivity contribution in [3.63, 3.8) is 0 Å². The normalized spacial score (nSPS) is 21.1. The minimum absolute atomic E-state index is 0. The van der Waals surface area contributed by atoms with Crippen LogP contribution in [0, 0.1) is 186 Å². The predicted octanol–water partition coefficient (Wildman–Crippen LogP) is 31.1. The second-order valence-corrected chi connectivity index (χ2v) is 37.3. The van der Waals surface area contributed by atoms with E-state index in [4.69, 9.17) is 4.74 Å². The average molecular weight is 2590 g/mol. The van der Waals surface area contributed by atoms with E-state index in [1.54, 1.807) is 6.08 Å². The molecular formula is C93H105F40O10Y5-5. The zero-order valence-corrected chi connectivity index (χ0v) is 95.9. The molecule has 0 aromatic heterocycles. The summed E-state index contributed by atoms with van der Waals surface area (Å²) in [5.74, 6) is -33.3. The topological polar surface area (TPSA) is 132 Å². The molecule has 55 heteroatoms. The van der Waals surface area contributed by atoms with E-state index in [9.17, 15) is 200 Å². The molecule has 6 aliphatic carbocycles. The van der Waals surface area contributed by atoms with Crippen LogP contribution in [0.2, 0.25) is 0 Å². The molecule has 10 nitrogen and oxygen atoms in total. The standard InChI is InChI=1S/C17H17F12O2.C14H17F6O2.C12H19F3.C12H17F3.C10H14F3O2.C9H2F5O2.C8H3F5.C7H11F3.C4H5O2.5Y/c1-4-11(30)31-10-6-8(12(2,14(18,19)20)15(21,22)23)5-9(7-10)13(3,16(24,25)26)17(27,28)29;1-4-11(21)22-9-6-5-8(2)10(7-9)12(3,13(15,16)17)14(18,19)20;2*1-11(2,12(13,14)15)7-10-6-8-3-4-9(10)5-8;1-5-8(14)15-7(2)6-9(3,4)10(11,12)13;1-2-3(15)16-9-7(13)5(11)4(10)6(12)8(9)14;1-2-3-4(9)6(11)8(13)7(12)5(3)10;1-4-5-6(2,3)7(8,9)10;1-3-4(5)6-2;;;;;/h8-10H,1,5-7H2,2-3H3;8-10H,1,5-7H2,2-3H3;8-10H,3-7H2,1-2H3;3-4,8-10H,5-7H2,1-2H3;7H,1,6H2,2-4H3;1H2;2H,1H2;4H,1,5H2,2-3H3;1H2,2H3;;;;;/q2*-1;;;2*-1;;;-1;;;;;. The Bertz CT molecular complexity index is 4510. The molecule has 0 heterocycles. The van der Waals surface area contributed by atoms with Crippen LogP contribution in [0.4, 0.5) is 176 Å². The van der Waals surface area contributed by atoms with Crippen molar-refractivity contribution in [1.29, 1.82) is 0 Å². The van der Waals surface area contributed by atoms with Gasteiger partial charge in [0.1, 0.15) is 23.9 Å². The van der Waals surface area contributed by atoms with Crippen molar-refractivity contribution in [3.8, 4) is 5.75 Å². The summed E-state index contributed by atoms with van der Waals surface area (Å²) in [6.07, 6.45) is -38.0. The Morgan fingerprint density at radius 3 is 0.993 bits per heavy atom. The maximum Gasteiger partial charge on any atom is 0.403 e. The van der Waals surface area contributed by atoms with E-state index in [0.29, 0.717) is 36.2 Å². The first-order valence-corrected chi connectivity index (χ1v) is 42.3. The number of fused-ring (bicyclic) bond motifs is 4. The summed E-state index contributed by atoms with van der Waals surface area (Å²) in [6.45, 7) is 32.9. The van der Waals surface area contributed by atoms with Gasteiger partial charge in [-0.1, -0.05) is 99.6 Å². The van der Waals surface area contributed by atoms with E-state index in [1.807, 2.05) is 18.2 Å². The van der Waals surface area contributed by atoms with Crippen molar-refractivity contribution in [1.82, 2.24) is 0 Å². The number of halogens is 40. The number of carbonyl (C=O) groups excluding carboxylic acids is 5. The molecule has 12 unspecified atom stereocenters. The van der Waals surface area contributed by atoms with Crippen LogP contribution in [-0.4, -0.2) is 117 Å². The molecule has 5 saturated carbocycles. The number of benzene rings is 2. The number of allylic oxidation sites excluding steroid dienone is 3. The van der Waals surface area contributed by atoms with Crippen molar-refractivity contribution in [2.45, 2.75) is 273 Å². The number of methoxy groups -OCH3 is 1. The minimum atomic E-state index is -6.07. The van der Waals surface area contributed by atoms with Crippen LogP contribution in [0.15, 0.2) is 64.3 Å². The van der Waals surface area contributed by atoms with Gasteiger partial charge in [0.2, 0.25) is 40.7 Å². The summed E-state index contributed by atoms with van der Waals surface area (Å²) < 4.78 is 537. The van der Waals surface area contributed by atoms with E-state index in [-0.39, 0.29) is 222 Å². The van der Waals surface area contributed by atoms with Gasteiger partial charge in [0.25, 0.3) is 0 Å². The van der Waals surface area contributed by atoms with E-state index >= 15 is 0 Å². The van der Waals surface area contributed by atoms with Crippen LogP contribution >= 0.6 is 0 Å². The fourth-order valence-electron chi connectivity index (χ4n) is 16.3. The Hall–Kier alpha value is -3.57. The monoisotopic (exact) mass is 2590 g/mol. The van der Waals surface area contributed by atoms with Crippen molar-refractivity contribution >= 4 is 35.9 Å². The molecule has 2 aromatic carbocycles. The van der Waals surface area contributed by atoms with E-state index in [0.717, 1.165) is 52.9 Å². The van der Waals surface area contributed by atoms with Gasteiger partial charge in [0, 0.05) is 164 Å². The molecule has 4 bridgehead atoms. The quantitative estimate of drug-likeness (QED) is 0.0137. The first-order chi connectivity index (χ1) is 64.1. The third-order valence-corrected chi connectivity index (χ3v) is 25.7. The van der Waals surface area contributed by atoms with Gasteiger partial charge in [-0.2, -0.15) is 140 Å². The van der Waals surface area contributed by atoms with Crippen molar-refractivity contribution in [2.24, 2.45) is 97.1 Å². The molecule has 837 valence electrons. The fraction of sp³-hybridized carbons (Fsp3) is 0.645. The SMILES string of the molecule is C=CCC(C)(C)C(F)(F)F.C=Cc1c(F)c(F)c(F)c(F)c1F.C=[C-]C(=O)OC.C=[C-]C(=O)OC(C)CC(C)(C)C(F)(F)F.C=[C-]C(=O)OC1CC(C(C)(C(F)(F)F)C(F)(F)F)CC(C(C)(C(F)(F)F)C(F)(F)F)C1.C=[C-]C(=O)OC1CCC(C)C(C(C)(C(F)(F)F)C(F)(F)F)C1.C=[C-]C(=O)Oc1c(F)c(F)c(F)c(F)c1F.CC(C)(CC1CC2C=CC1C2)C(F)(F)F.CC(C)(CC1CC2CCC1C2)C(F)(F)F.[Y].[Y].[Y].[Y].[Y]. The summed E-state index contributed by atoms with van der Waals surface area (Å²) in [6, 6.07) is 0. The second-order valence-electron chi connectivity index (χ2n) is 37.3. The first kappa shape index (κ1) is 155. The largest absolute Gasteiger partial charge is 0.493 e. The fourth-order valence-corrected chi connectivity index (χ4v) is 16.3. The summed E-state index contributed by atoms with van der Waals surface area (Å²) in [4.78, 5) is 53.4. The average Bonchev–Trinajstić information content (AvgIpc) is 0.833. The Morgan fingerprint density at radius 1 is 0.372 bits per heavy atom. The Kier molecular flexibility index (Phi) is 63.9. The molecule has 0 amide bonds. The van der Waals surface area contributed by atoms with Gasteiger partial charge in [-0.05, 0) is 183 Å². The van der Waals surface area contributed by atoms with Gasteiger partial charge in [-0.25, -0.2) is 35.1 Å². The zero-order chi connectivity index (χ0) is 113. The van der Waals surface area contributed by atoms with Crippen molar-refractivity contribution in [3.05, 3.63) is 158 Å². The number of hydrogen-bond donors (Lipinski definition) is 0. The third kappa shape index (κ3) is 42.0. The molecule has 8 rings (SSSR count). The minimum Gasteiger partial charge on any atom is -0.493 e. The second kappa shape index (κ2) is 61.0. The first-order valence-electron chi connectivity index (χ1n) is 42.3.